The van der Waals surface area contributed by atoms with Crippen molar-refractivity contribution in [3.63, 3.8) is 0 Å². The molecule has 1 aromatic rings. The topological polar surface area (TPSA) is 18.5 Å². The monoisotopic (exact) mass is 422 g/mol. The molecule has 160 valence electrons. The number of benzene rings is 1. The zero-order chi connectivity index (χ0) is 20.8. The van der Waals surface area contributed by atoms with Gasteiger partial charge in [0.15, 0.2) is 5.79 Å². The van der Waals surface area contributed by atoms with E-state index in [2.05, 4.69) is 31.2 Å². The van der Waals surface area contributed by atoms with Crippen LogP contribution in [0.4, 0.5) is 17.3 Å². The molecule has 0 heterocycles. The Kier molecular flexibility index (Phi) is 8.78. The van der Waals surface area contributed by atoms with Gasteiger partial charge in [-0.05, 0) is 70.4 Å². The van der Waals surface area contributed by atoms with Crippen molar-refractivity contribution in [2.75, 3.05) is 14.2 Å². The van der Waals surface area contributed by atoms with Gasteiger partial charge in [0.1, 0.15) is 5.30 Å². The molecule has 0 radical (unpaired) electrons. The number of hydrogen-bond donors (Lipinski definition) is 0. The maximum Gasteiger partial charge on any atom is 0.673 e. The van der Waals surface area contributed by atoms with Gasteiger partial charge in [-0.25, -0.2) is 0 Å². The van der Waals surface area contributed by atoms with E-state index in [1.807, 2.05) is 0 Å². The molecule has 0 unspecified atom stereocenters. The maximum atomic E-state index is 9.75. The largest absolute Gasteiger partial charge is 0.673 e. The second kappa shape index (κ2) is 10.4. The Hall–Kier alpha value is -0.645. The summed E-state index contributed by atoms with van der Waals surface area (Å²) in [7, 11) is -3.05. The lowest BCUT2D eigenvalue weighted by Crippen LogP contribution is -2.34. The highest BCUT2D eigenvalue weighted by Crippen LogP contribution is 2.57. The lowest BCUT2D eigenvalue weighted by atomic mass is 10.1. The minimum Gasteiger partial charge on any atom is -0.418 e. The van der Waals surface area contributed by atoms with E-state index in [9.17, 15) is 17.3 Å². The normalized spacial score (nSPS) is 19.1. The van der Waals surface area contributed by atoms with Crippen molar-refractivity contribution in [1.29, 1.82) is 0 Å². The quantitative estimate of drug-likeness (QED) is 0.236. The lowest BCUT2D eigenvalue weighted by Gasteiger charge is -2.31. The van der Waals surface area contributed by atoms with Crippen LogP contribution in [-0.2, 0) is 15.3 Å². The summed E-state index contributed by atoms with van der Waals surface area (Å²) < 4.78 is 50.6. The van der Waals surface area contributed by atoms with Crippen LogP contribution in [0.1, 0.15) is 63.9 Å². The molecule has 0 aliphatic heterocycles. The fourth-order valence-corrected chi connectivity index (χ4v) is 9.20. The summed E-state index contributed by atoms with van der Waals surface area (Å²) in [6, 6.07) is 8.98. The van der Waals surface area contributed by atoms with E-state index in [-0.39, 0.29) is 0 Å². The summed E-state index contributed by atoms with van der Waals surface area (Å²) in [4.78, 5) is 0. The SMILES string of the molecule is COC(C)(OC)c1ccccc1[PH+](C1CCCC1)C1CCCC1.F[B-](F)(F)F. The van der Waals surface area contributed by atoms with Gasteiger partial charge in [0.2, 0.25) is 0 Å². The van der Waals surface area contributed by atoms with E-state index in [1.165, 1.54) is 56.9 Å². The first-order chi connectivity index (χ1) is 13.2. The van der Waals surface area contributed by atoms with Gasteiger partial charge in [0, 0.05) is 22.1 Å². The highest BCUT2D eigenvalue weighted by atomic mass is 31.1. The van der Waals surface area contributed by atoms with Crippen molar-refractivity contribution < 1.29 is 26.7 Å². The molecule has 2 aliphatic carbocycles. The Morgan fingerprint density at radius 1 is 0.857 bits per heavy atom. The van der Waals surface area contributed by atoms with Crippen LogP contribution in [0.2, 0.25) is 0 Å². The van der Waals surface area contributed by atoms with Crippen LogP contribution in [0, 0.1) is 0 Å². The van der Waals surface area contributed by atoms with Crippen LogP contribution in [0.15, 0.2) is 24.3 Å². The molecule has 2 saturated carbocycles. The highest BCUT2D eigenvalue weighted by molar-refractivity contribution is 7.67. The van der Waals surface area contributed by atoms with E-state index in [1.54, 1.807) is 19.5 Å². The van der Waals surface area contributed by atoms with Crippen LogP contribution in [0.5, 0.6) is 0 Å². The van der Waals surface area contributed by atoms with Crippen LogP contribution in [0.3, 0.4) is 0 Å². The Balaban J connectivity index is 0.000000500. The molecule has 0 amide bonds. The molecule has 28 heavy (non-hydrogen) atoms. The molecular weight excluding hydrogens is 390 g/mol. The molecule has 0 saturated heterocycles. The molecule has 3 rings (SSSR count). The highest BCUT2D eigenvalue weighted by Gasteiger charge is 2.44. The number of rotatable bonds is 6. The zero-order valence-electron chi connectivity index (χ0n) is 17.0. The summed E-state index contributed by atoms with van der Waals surface area (Å²) in [5.74, 6) is -0.621. The van der Waals surface area contributed by atoms with Crippen molar-refractivity contribution in [1.82, 2.24) is 0 Å². The minimum absolute atomic E-state index is 0.569. The van der Waals surface area contributed by atoms with Crippen LogP contribution in [0.25, 0.3) is 0 Å². The van der Waals surface area contributed by atoms with E-state index < -0.39 is 21.0 Å². The van der Waals surface area contributed by atoms with Crippen molar-refractivity contribution in [3.8, 4) is 0 Å². The molecule has 0 bridgehead atoms. The van der Waals surface area contributed by atoms with Crippen molar-refractivity contribution in [2.45, 2.75) is 75.4 Å². The molecule has 2 aliphatic rings. The standard InChI is InChI=1S/C20H31O2P.BF4/c1-20(21-2,22-3)18-14-8-9-15-19(18)23(16-10-4-5-11-16)17-12-6-7-13-17;2-1(3,4)5/h8-9,14-17H,4-7,10-13H2,1-3H3;/q;-1/p+1. The summed E-state index contributed by atoms with van der Waals surface area (Å²) in [5, 5.41) is 1.59. The molecule has 8 heteroatoms. The lowest BCUT2D eigenvalue weighted by molar-refractivity contribution is -0.201. The molecular formula is C20H32BF4O2P. The first-order valence-corrected chi connectivity index (χ1v) is 11.8. The maximum absolute atomic E-state index is 9.75. The molecule has 0 N–H and O–H groups in total. The number of hydrogen-bond acceptors (Lipinski definition) is 2. The number of halogens is 4. The second-order valence-corrected chi connectivity index (χ2v) is 10.9. The fourth-order valence-electron chi connectivity index (χ4n) is 4.68. The van der Waals surface area contributed by atoms with E-state index in [4.69, 9.17) is 9.47 Å². The van der Waals surface area contributed by atoms with Gasteiger partial charge in [0.25, 0.3) is 0 Å². The summed E-state index contributed by atoms with van der Waals surface area (Å²) in [6.45, 7) is 2.06. The van der Waals surface area contributed by atoms with Gasteiger partial charge in [-0.3, -0.25) is 0 Å². The fraction of sp³-hybridized carbons (Fsp3) is 0.700. The summed E-state index contributed by atoms with van der Waals surface area (Å²) in [6.07, 6.45) is 11.5. The van der Waals surface area contributed by atoms with Gasteiger partial charge in [-0.1, -0.05) is 12.1 Å². The number of ether oxygens (including phenoxy) is 2. The van der Waals surface area contributed by atoms with E-state index >= 15 is 0 Å². The second-order valence-electron chi connectivity index (χ2n) is 7.81. The third kappa shape index (κ3) is 6.43. The first-order valence-electron chi connectivity index (χ1n) is 10.1. The van der Waals surface area contributed by atoms with Gasteiger partial charge in [-0.2, -0.15) is 0 Å². The summed E-state index contributed by atoms with van der Waals surface area (Å²) in [5.41, 5.74) is 3.17. The van der Waals surface area contributed by atoms with Crippen molar-refractivity contribution in [2.24, 2.45) is 0 Å². The van der Waals surface area contributed by atoms with Gasteiger partial charge in [0.05, 0.1) is 16.9 Å². The smallest absolute Gasteiger partial charge is 0.418 e. The molecule has 0 aromatic heterocycles. The summed E-state index contributed by atoms with van der Waals surface area (Å²) >= 11 is 0. The van der Waals surface area contributed by atoms with Crippen molar-refractivity contribution >= 4 is 20.5 Å². The van der Waals surface area contributed by atoms with E-state index in [0.717, 1.165) is 11.3 Å². The first kappa shape index (κ1) is 23.6. The van der Waals surface area contributed by atoms with Gasteiger partial charge >= 0.3 is 7.25 Å². The van der Waals surface area contributed by atoms with Gasteiger partial charge in [-0.15, -0.1) is 0 Å². The van der Waals surface area contributed by atoms with Gasteiger partial charge < -0.3 is 26.7 Å². The average Bonchev–Trinajstić information content (AvgIpc) is 3.35. The van der Waals surface area contributed by atoms with E-state index in [0.29, 0.717) is 0 Å². The van der Waals surface area contributed by atoms with Crippen LogP contribution >= 0.6 is 7.92 Å². The Labute approximate surface area is 167 Å². The molecule has 1 aromatic carbocycles. The minimum atomic E-state index is -6.00. The number of methoxy groups -OCH3 is 2. The third-order valence-corrected chi connectivity index (χ3v) is 10.1. The predicted octanol–water partition coefficient (Wildman–Crippen LogP) is 6.18. The Morgan fingerprint density at radius 2 is 1.25 bits per heavy atom. The zero-order valence-corrected chi connectivity index (χ0v) is 18.0. The average molecular weight is 422 g/mol. The Morgan fingerprint density at radius 3 is 1.64 bits per heavy atom. The van der Waals surface area contributed by atoms with Crippen LogP contribution in [-0.4, -0.2) is 32.8 Å². The Bertz CT molecular complexity index is 576. The molecule has 0 atom stereocenters. The molecule has 2 nitrogen and oxygen atoms in total. The molecule has 2 fully saturated rings. The predicted molar refractivity (Wildman–Crippen MR) is 110 cm³/mol. The van der Waals surface area contributed by atoms with Crippen LogP contribution < -0.4 is 5.30 Å². The van der Waals surface area contributed by atoms with Crippen molar-refractivity contribution in [3.05, 3.63) is 29.8 Å². The molecule has 0 spiro atoms. The third-order valence-electron chi connectivity index (χ3n) is 6.10.